The third-order valence-electron chi connectivity index (χ3n) is 3.54. The van der Waals surface area contributed by atoms with Crippen molar-refractivity contribution in [3.05, 3.63) is 63.3 Å². The van der Waals surface area contributed by atoms with E-state index in [1.54, 1.807) is 36.0 Å². The molecule has 0 fully saturated rings. The third-order valence-corrected chi connectivity index (χ3v) is 5.16. The number of halogens is 3. The molecule has 2 rings (SSSR count). The second-order valence-corrected chi connectivity index (χ2v) is 7.65. The lowest BCUT2D eigenvalue weighted by atomic mass is 10.1. The van der Waals surface area contributed by atoms with Gasteiger partial charge in [-0.15, -0.1) is 0 Å². The molecule has 0 saturated heterocycles. The fourth-order valence-electron chi connectivity index (χ4n) is 2.19. The Kier molecular flexibility index (Phi) is 7.93. The number of hydrogen-bond acceptors (Lipinski definition) is 3. The summed E-state index contributed by atoms with van der Waals surface area (Å²) >= 11 is 10.6. The topological polar surface area (TPSA) is 58.2 Å². The standard InChI is InChI=1S/C18H17BrClFN2O2S/c1-26-9-8-16(23-17(24)12-4-2-3-5-13(12)19)18(25)22-11-6-7-15(21)14(20)10-11/h2-7,10,16H,8-9H2,1H3,(H,22,25)(H,23,24)/t16-/m0/s1. The number of carbonyl (C=O) groups is 2. The van der Waals surface area contributed by atoms with Crippen LogP contribution in [0.4, 0.5) is 10.1 Å². The van der Waals surface area contributed by atoms with Crippen molar-refractivity contribution in [3.63, 3.8) is 0 Å². The first-order valence-corrected chi connectivity index (χ1v) is 10.3. The number of hydrogen-bond donors (Lipinski definition) is 2. The van der Waals surface area contributed by atoms with Gasteiger partial charge in [0.05, 0.1) is 10.6 Å². The normalized spacial score (nSPS) is 11.7. The molecule has 0 aliphatic rings. The molecule has 26 heavy (non-hydrogen) atoms. The molecule has 0 aliphatic heterocycles. The van der Waals surface area contributed by atoms with Gasteiger partial charge in [0.15, 0.2) is 0 Å². The molecular weight excluding hydrogens is 443 g/mol. The Morgan fingerprint density at radius 1 is 1.27 bits per heavy atom. The van der Waals surface area contributed by atoms with Crippen molar-refractivity contribution >= 4 is 56.8 Å². The number of anilines is 1. The molecule has 138 valence electrons. The van der Waals surface area contributed by atoms with E-state index >= 15 is 0 Å². The summed E-state index contributed by atoms with van der Waals surface area (Å²) in [6, 6.07) is 10.2. The smallest absolute Gasteiger partial charge is 0.253 e. The largest absolute Gasteiger partial charge is 0.340 e. The molecule has 8 heteroatoms. The molecule has 4 nitrogen and oxygen atoms in total. The summed E-state index contributed by atoms with van der Waals surface area (Å²) < 4.78 is 13.9. The molecule has 0 heterocycles. The minimum absolute atomic E-state index is 0.0827. The SMILES string of the molecule is CSCC[C@H](NC(=O)c1ccccc1Br)C(=O)Nc1ccc(F)c(Cl)c1. The quantitative estimate of drug-likeness (QED) is 0.629. The highest BCUT2D eigenvalue weighted by molar-refractivity contribution is 9.10. The van der Waals surface area contributed by atoms with Gasteiger partial charge in [0, 0.05) is 10.2 Å². The van der Waals surface area contributed by atoms with E-state index in [0.29, 0.717) is 27.9 Å². The molecule has 0 aliphatic carbocycles. The minimum atomic E-state index is -0.731. The highest BCUT2D eigenvalue weighted by Gasteiger charge is 2.22. The van der Waals surface area contributed by atoms with Gasteiger partial charge in [-0.2, -0.15) is 11.8 Å². The molecule has 0 aromatic heterocycles. The molecule has 0 unspecified atom stereocenters. The molecule has 0 bridgehead atoms. The Morgan fingerprint density at radius 2 is 2.00 bits per heavy atom. The lowest BCUT2D eigenvalue weighted by molar-refractivity contribution is -0.118. The zero-order valence-electron chi connectivity index (χ0n) is 13.9. The Bertz CT molecular complexity index is 807. The first-order chi connectivity index (χ1) is 12.4. The van der Waals surface area contributed by atoms with Crippen LogP contribution in [0.5, 0.6) is 0 Å². The summed E-state index contributed by atoms with van der Waals surface area (Å²) in [6.45, 7) is 0. The Labute approximate surface area is 169 Å². The van der Waals surface area contributed by atoms with E-state index in [0.717, 1.165) is 0 Å². The highest BCUT2D eigenvalue weighted by atomic mass is 79.9. The summed E-state index contributed by atoms with van der Waals surface area (Å²) in [6.07, 6.45) is 2.38. The van der Waals surface area contributed by atoms with Crippen molar-refractivity contribution in [2.45, 2.75) is 12.5 Å². The van der Waals surface area contributed by atoms with Crippen LogP contribution in [-0.2, 0) is 4.79 Å². The van der Waals surface area contributed by atoms with Gasteiger partial charge in [-0.25, -0.2) is 4.39 Å². The minimum Gasteiger partial charge on any atom is -0.340 e. The van der Waals surface area contributed by atoms with Gasteiger partial charge in [0.2, 0.25) is 5.91 Å². The van der Waals surface area contributed by atoms with Crippen LogP contribution >= 0.6 is 39.3 Å². The van der Waals surface area contributed by atoms with Gasteiger partial charge in [-0.05, 0) is 64.7 Å². The average Bonchev–Trinajstić information content (AvgIpc) is 2.61. The van der Waals surface area contributed by atoms with Crippen molar-refractivity contribution in [1.82, 2.24) is 5.32 Å². The maximum atomic E-state index is 13.2. The zero-order chi connectivity index (χ0) is 19.1. The number of benzene rings is 2. The second-order valence-electron chi connectivity index (χ2n) is 5.41. The van der Waals surface area contributed by atoms with Gasteiger partial charge in [0.25, 0.3) is 5.91 Å². The summed E-state index contributed by atoms with van der Waals surface area (Å²) in [4.78, 5) is 25.1. The van der Waals surface area contributed by atoms with Gasteiger partial charge in [-0.1, -0.05) is 23.7 Å². The van der Waals surface area contributed by atoms with Gasteiger partial charge in [-0.3, -0.25) is 9.59 Å². The van der Waals surface area contributed by atoms with Crippen molar-refractivity contribution in [3.8, 4) is 0 Å². The van der Waals surface area contributed by atoms with Crippen LogP contribution in [-0.4, -0.2) is 29.9 Å². The third kappa shape index (κ3) is 5.72. The molecule has 2 aromatic rings. The molecule has 2 amide bonds. The molecule has 1 atom stereocenters. The van der Waals surface area contributed by atoms with Crippen LogP contribution in [0.2, 0.25) is 5.02 Å². The van der Waals surface area contributed by atoms with Crippen molar-refractivity contribution in [2.24, 2.45) is 0 Å². The van der Waals surface area contributed by atoms with E-state index in [1.165, 1.54) is 18.2 Å². The summed E-state index contributed by atoms with van der Waals surface area (Å²) in [7, 11) is 0. The summed E-state index contributed by atoms with van der Waals surface area (Å²) in [5.41, 5.74) is 0.810. The van der Waals surface area contributed by atoms with Crippen LogP contribution in [0.1, 0.15) is 16.8 Å². The fourth-order valence-corrected chi connectivity index (χ4v) is 3.31. The van der Waals surface area contributed by atoms with E-state index in [-0.39, 0.29) is 16.8 Å². The van der Waals surface area contributed by atoms with Gasteiger partial charge >= 0.3 is 0 Å². The number of nitrogens with one attached hydrogen (secondary N) is 2. The number of amides is 2. The predicted molar refractivity (Wildman–Crippen MR) is 108 cm³/mol. The van der Waals surface area contributed by atoms with Crippen LogP contribution in [0.15, 0.2) is 46.9 Å². The first-order valence-electron chi connectivity index (χ1n) is 7.72. The molecule has 0 spiro atoms. The lowest BCUT2D eigenvalue weighted by Gasteiger charge is -2.19. The number of carbonyl (C=O) groups excluding carboxylic acids is 2. The van der Waals surface area contributed by atoms with E-state index in [9.17, 15) is 14.0 Å². The Morgan fingerprint density at radius 3 is 2.65 bits per heavy atom. The van der Waals surface area contributed by atoms with Crippen LogP contribution in [0, 0.1) is 5.82 Å². The number of thioether (sulfide) groups is 1. The first kappa shape index (κ1) is 20.7. The van der Waals surface area contributed by atoms with Crippen LogP contribution < -0.4 is 10.6 Å². The maximum absolute atomic E-state index is 13.2. The lowest BCUT2D eigenvalue weighted by Crippen LogP contribution is -2.44. The van der Waals surface area contributed by atoms with Gasteiger partial charge < -0.3 is 10.6 Å². The van der Waals surface area contributed by atoms with Crippen LogP contribution in [0.25, 0.3) is 0 Å². The monoisotopic (exact) mass is 458 g/mol. The van der Waals surface area contributed by atoms with E-state index in [2.05, 4.69) is 26.6 Å². The Hall–Kier alpha value is -1.57. The van der Waals surface area contributed by atoms with Crippen molar-refractivity contribution in [1.29, 1.82) is 0 Å². The zero-order valence-corrected chi connectivity index (χ0v) is 17.1. The molecule has 2 aromatic carbocycles. The van der Waals surface area contributed by atoms with E-state index in [1.807, 2.05) is 6.26 Å². The summed E-state index contributed by atoms with van der Waals surface area (Å²) in [5, 5.41) is 5.34. The van der Waals surface area contributed by atoms with Crippen molar-refractivity contribution < 1.29 is 14.0 Å². The second kappa shape index (κ2) is 9.94. The average molecular weight is 460 g/mol. The maximum Gasteiger partial charge on any atom is 0.253 e. The molecular formula is C18H17BrClFN2O2S. The van der Waals surface area contributed by atoms with Crippen molar-refractivity contribution in [2.75, 3.05) is 17.3 Å². The molecule has 0 radical (unpaired) electrons. The van der Waals surface area contributed by atoms with E-state index in [4.69, 9.17) is 11.6 Å². The highest BCUT2D eigenvalue weighted by Crippen LogP contribution is 2.20. The predicted octanol–water partition coefficient (Wildman–Crippen LogP) is 4.73. The number of rotatable bonds is 7. The Balaban J connectivity index is 2.12. The fraction of sp³-hybridized carbons (Fsp3) is 0.222. The van der Waals surface area contributed by atoms with Gasteiger partial charge in [0.1, 0.15) is 11.9 Å². The molecule has 0 saturated carbocycles. The van der Waals surface area contributed by atoms with Crippen LogP contribution in [0.3, 0.4) is 0 Å². The summed E-state index contributed by atoms with van der Waals surface area (Å²) in [5.74, 6) is -0.609. The van der Waals surface area contributed by atoms with E-state index < -0.39 is 11.9 Å². The molecule has 2 N–H and O–H groups in total.